The number of carbonyl (C=O) groups excluding carboxylic acids is 2. The third-order valence-electron chi connectivity index (χ3n) is 4.12. The molecule has 0 unspecified atom stereocenters. The van der Waals surface area contributed by atoms with Crippen molar-refractivity contribution in [1.29, 1.82) is 0 Å². The summed E-state index contributed by atoms with van der Waals surface area (Å²) in [5.41, 5.74) is 0.629. The van der Waals surface area contributed by atoms with Crippen LogP contribution in [0.15, 0.2) is 35.3 Å². The highest BCUT2D eigenvalue weighted by Crippen LogP contribution is 2.10. The molecular weight excluding hydrogens is 396 g/mol. The summed E-state index contributed by atoms with van der Waals surface area (Å²) in [5, 5.41) is 9.07. The Morgan fingerprint density at radius 2 is 1.58 bits per heavy atom. The summed E-state index contributed by atoms with van der Waals surface area (Å²) >= 11 is 0. The van der Waals surface area contributed by atoms with Crippen LogP contribution in [-0.4, -0.2) is 82.3 Å². The van der Waals surface area contributed by atoms with Gasteiger partial charge in [-0.1, -0.05) is 18.2 Å². The van der Waals surface area contributed by atoms with Gasteiger partial charge in [0.05, 0.1) is 0 Å². The molecule has 0 heterocycles. The molecule has 9 nitrogen and oxygen atoms in total. The van der Waals surface area contributed by atoms with Crippen LogP contribution in [0.1, 0.15) is 27.2 Å². The Labute approximate surface area is 186 Å². The van der Waals surface area contributed by atoms with E-state index in [1.165, 1.54) is 10.6 Å². The van der Waals surface area contributed by atoms with E-state index in [9.17, 15) is 9.59 Å². The molecule has 0 bridgehead atoms. The second kappa shape index (κ2) is 13.4. The predicted molar refractivity (Wildman–Crippen MR) is 126 cm³/mol. The van der Waals surface area contributed by atoms with Crippen molar-refractivity contribution in [3.05, 3.63) is 30.3 Å². The molecule has 1 aromatic rings. The molecule has 0 saturated carbocycles. The van der Waals surface area contributed by atoms with Crippen LogP contribution in [-0.2, 0) is 9.53 Å². The number of guanidine groups is 1. The molecule has 1 rings (SSSR count). The van der Waals surface area contributed by atoms with Gasteiger partial charge in [0.1, 0.15) is 12.1 Å². The zero-order valence-corrected chi connectivity index (χ0v) is 19.7. The van der Waals surface area contributed by atoms with Gasteiger partial charge in [0.25, 0.3) is 0 Å². The smallest absolute Gasteiger partial charge is 0.407 e. The van der Waals surface area contributed by atoms with E-state index in [1.807, 2.05) is 39.0 Å². The lowest BCUT2D eigenvalue weighted by atomic mass is 10.2. The van der Waals surface area contributed by atoms with Gasteiger partial charge >= 0.3 is 6.09 Å². The molecule has 3 N–H and O–H groups in total. The highest BCUT2D eigenvalue weighted by atomic mass is 16.6. The summed E-state index contributed by atoms with van der Waals surface area (Å²) in [6.45, 7) is 7.88. The first-order chi connectivity index (χ1) is 14.6. The van der Waals surface area contributed by atoms with Crippen LogP contribution >= 0.6 is 0 Å². The van der Waals surface area contributed by atoms with Gasteiger partial charge in [-0.15, -0.1) is 0 Å². The Balaban J connectivity index is 2.45. The third-order valence-corrected chi connectivity index (χ3v) is 4.12. The monoisotopic (exact) mass is 434 g/mol. The van der Waals surface area contributed by atoms with Crippen LogP contribution in [0.5, 0.6) is 0 Å². The number of nitrogens with one attached hydrogen (secondary N) is 3. The van der Waals surface area contributed by atoms with Crippen molar-refractivity contribution in [2.24, 2.45) is 4.99 Å². The zero-order valence-electron chi connectivity index (χ0n) is 19.7. The molecule has 0 aliphatic carbocycles. The summed E-state index contributed by atoms with van der Waals surface area (Å²) in [6.07, 6.45) is 0.427. The molecule has 1 aromatic carbocycles. The van der Waals surface area contributed by atoms with E-state index in [-0.39, 0.29) is 12.5 Å². The number of likely N-dealkylation sites (N-methyl/N-ethyl adjacent to an activating group) is 1. The molecule has 174 valence electrons. The molecule has 0 aliphatic heterocycles. The van der Waals surface area contributed by atoms with Crippen LogP contribution in [0.2, 0.25) is 0 Å². The Hall–Kier alpha value is -2.97. The van der Waals surface area contributed by atoms with Crippen molar-refractivity contribution in [3.63, 3.8) is 0 Å². The Bertz CT molecular complexity index is 701. The maximum atomic E-state index is 11.9. The minimum Gasteiger partial charge on any atom is -0.444 e. The van der Waals surface area contributed by atoms with Gasteiger partial charge < -0.3 is 30.5 Å². The molecule has 2 amide bonds. The minimum atomic E-state index is -0.537. The number of rotatable bonds is 10. The van der Waals surface area contributed by atoms with Crippen LogP contribution in [0.4, 0.5) is 10.5 Å². The first kappa shape index (κ1) is 26.1. The van der Waals surface area contributed by atoms with Crippen LogP contribution in [0.25, 0.3) is 0 Å². The SMILES string of the molecule is CN(C)C(=O)CN=C(NCCCN(C)c1ccccc1)NCCNC(=O)OC(C)(C)C. The fourth-order valence-electron chi connectivity index (χ4n) is 2.46. The molecule has 31 heavy (non-hydrogen) atoms. The predicted octanol–water partition coefficient (Wildman–Crippen LogP) is 1.66. The van der Waals surface area contributed by atoms with E-state index in [4.69, 9.17) is 4.74 Å². The van der Waals surface area contributed by atoms with Crippen molar-refractivity contribution in [2.75, 3.05) is 58.8 Å². The Morgan fingerprint density at radius 3 is 2.19 bits per heavy atom. The third kappa shape index (κ3) is 12.3. The molecule has 0 aliphatic rings. The molecule has 9 heteroatoms. The number of aliphatic imine (C=N–C) groups is 1. The largest absolute Gasteiger partial charge is 0.444 e. The van der Waals surface area contributed by atoms with Gasteiger partial charge in [0.2, 0.25) is 5.91 Å². The van der Waals surface area contributed by atoms with E-state index >= 15 is 0 Å². The summed E-state index contributed by atoms with van der Waals surface area (Å²) in [5.74, 6) is 0.445. The zero-order chi connectivity index (χ0) is 23.3. The minimum absolute atomic E-state index is 0.0474. The number of alkyl carbamates (subject to hydrolysis) is 1. The lowest BCUT2D eigenvalue weighted by molar-refractivity contribution is -0.127. The van der Waals surface area contributed by atoms with Gasteiger partial charge in [-0.05, 0) is 39.3 Å². The normalized spacial score (nSPS) is 11.5. The first-order valence-corrected chi connectivity index (χ1v) is 10.5. The number of para-hydroxylation sites is 1. The van der Waals surface area contributed by atoms with E-state index in [0.717, 1.165) is 13.0 Å². The summed E-state index contributed by atoms with van der Waals surface area (Å²) in [6, 6.07) is 10.2. The number of carbonyl (C=O) groups is 2. The summed E-state index contributed by atoms with van der Waals surface area (Å²) < 4.78 is 5.21. The summed E-state index contributed by atoms with van der Waals surface area (Å²) in [4.78, 5) is 31.6. The van der Waals surface area contributed by atoms with E-state index in [1.54, 1.807) is 14.1 Å². The fourth-order valence-corrected chi connectivity index (χ4v) is 2.46. The maximum absolute atomic E-state index is 11.9. The standard InChI is InChI=1S/C22H38N6O3/c1-22(2,3)31-21(30)25-15-14-24-20(26-17-19(29)27(4)5)23-13-10-16-28(6)18-11-8-7-9-12-18/h7-9,11-12H,10,13-17H2,1-6H3,(H,25,30)(H2,23,24,26). The average molecular weight is 435 g/mol. The number of hydrogen-bond acceptors (Lipinski definition) is 5. The van der Waals surface area contributed by atoms with Crippen LogP contribution in [0, 0.1) is 0 Å². The molecule has 0 atom stereocenters. The molecule has 0 aromatic heterocycles. The molecule has 0 radical (unpaired) electrons. The molecule has 0 saturated heterocycles. The van der Waals surface area contributed by atoms with Gasteiger partial charge in [-0.25, -0.2) is 9.79 Å². The molecular formula is C22H38N6O3. The van der Waals surface area contributed by atoms with Gasteiger partial charge in [-0.3, -0.25) is 4.79 Å². The Morgan fingerprint density at radius 1 is 0.968 bits per heavy atom. The first-order valence-electron chi connectivity index (χ1n) is 10.5. The van der Waals surface area contributed by atoms with E-state index in [0.29, 0.717) is 25.6 Å². The van der Waals surface area contributed by atoms with Crippen molar-refractivity contribution in [3.8, 4) is 0 Å². The van der Waals surface area contributed by atoms with E-state index in [2.05, 4.69) is 45.0 Å². The number of nitrogens with zero attached hydrogens (tertiary/aromatic N) is 3. The number of amides is 2. The lowest BCUT2D eigenvalue weighted by Crippen LogP contribution is -2.43. The molecule has 0 spiro atoms. The van der Waals surface area contributed by atoms with Crippen molar-refractivity contribution < 1.29 is 14.3 Å². The summed E-state index contributed by atoms with van der Waals surface area (Å²) in [7, 11) is 5.45. The fraction of sp³-hybridized carbons (Fsp3) is 0.591. The van der Waals surface area contributed by atoms with Crippen molar-refractivity contribution in [2.45, 2.75) is 32.8 Å². The number of benzene rings is 1. The topological polar surface area (TPSA) is 98.3 Å². The van der Waals surface area contributed by atoms with Gasteiger partial charge in [0.15, 0.2) is 5.96 Å². The average Bonchev–Trinajstić information content (AvgIpc) is 2.70. The van der Waals surface area contributed by atoms with Crippen LogP contribution < -0.4 is 20.9 Å². The van der Waals surface area contributed by atoms with Gasteiger partial charge in [0, 0.05) is 53.0 Å². The Kier molecular flexibility index (Phi) is 11.2. The van der Waals surface area contributed by atoms with Crippen LogP contribution in [0.3, 0.4) is 0 Å². The highest BCUT2D eigenvalue weighted by Gasteiger charge is 2.15. The second-order valence-electron chi connectivity index (χ2n) is 8.35. The number of hydrogen-bond donors (Lipinski definition) is 3. The van der Waals surface area contributed by atoms with Crippen molar-refractivity contribution in [1.82, 2.24) is 20.9 Å². The van der Waals surface area contributed by atoms with E-state index < -0.39 is 11.7 Å². The highest BCUT2D eigenvalue weighted by molar-refractivity contribution is 5.84. The van der Waals surface area contributed by atoms with Gasteiger partial charge in [-0.2, -0.15) is 0 Å². The second-order valence-corrected chi connectivity index (χ2v) is 8.35. The number of ether oxygens (including phenoxy) is 1. The maximum Gasteiger partial charge on any atom is 0.407 e. The van der Waals surface area contributed by atoms with Crippen molar-refractivity contribution >= 4 is 23.6 Å². The quantitative estimate of drug-likeness (QED) is 0.294. The lowest BCUT2D eigenvalue weighted by Gasteiger charge is -2.20. The molecule has 0 fully saturated rings. The number of anilines is 1.